The van der Waals surface area contributed by atoms with Crippen LogP contribution in [-0.4, -0.2) is 35.3 Å². The zero-order valence-corrected chi connectivity index (χ0v) is 14.9. The lowest BCUT2D eigenvalue weighted by atomic mass is 9.82. The highest BCUT2D eigenvalue weighted by atomic mass is 16.5. The van der Waals surface area contributed by atoms with Gasteiger partial charge in [-0.2, -0.15) is 0 Å². The summed E-state index contributed by atoms with van der Waals surface area (Å²) in [7, 11) is 0. The Morgan fingerprint density at radius 2 is 1.92 bits per heavy atom. The molecule has 0 atom stereocenters. The first kappa shape index (κ1) is 17.0. The van der Waals surface area contributed by atoms with Crippen LogP contribution in [0.3, 0.4) is 0 Å². The fourth-order valence-corrected chi connectivity index (χ4v) is 3.92. The van der Waals surface area contributed by atoms with Crippen molar-refractivity contribution in [1.29, 1.82) is 0 Å². The van der Waals surface area contributed by atoms with Crippen LogP contribution in [0.25, 0.3) is 0 Å². The van der Waals surface area contributed by atoms with E-state index in [2.05, 4.69) is 13.8 Å². The van der Waals surface area contributed by atoms with Crippen molar-refractivity contribution in [1.82, 2.24) is 4.90 Å². The molecule has 0 radical (unpaired) electrons. The highest BCUT2D eigenvalue weighted by Crippen LogP contribution is 2.39. The third kappa shape index (κ3) is 3.06. The highest BCUT2D eigenvalue weighted by Gasteiger charge is 2.44. The molecule has 2 heterocycles. The second-order valence-electron chi connectivity index (χ2n) is 7.22. The van der Waals surface area contributed by atoms with Gasteiger partial charge in [-0.25, -0.2) is 0 Å². The standard InChI is InChI=1S/C20H27NO3/c1-4-15(5-2)19(23)21-10-8-20(9-11-21)13-17(22)16-12-14(3)6-7-18(16)24-20/h6-7,12,15H,4-5,8-11,13H2,1-3H3. The van der Waals surface area contributed by atoms with E-state index in [1.807, 2.05) is 30.0 Å². The first-order valence-corrected chi connectivity index (χ1v) is 9.09. The molecular weight excluding hydrogens is 302 g/mol. The molecule has 0 unspecified atom stereocenters. The predicted molar refractivity (Wildman–Crippen MR) is 93.4 cm³/mol. The highest BCUT2D eigenvalue weighted by molar-refractivity contribution is 6.00. The first-order valence-electron chi connectivity index (χ1n) is 9.09. The molecule has 24 heavy (non-hydrogen) atoms. The van der Waals surface area contributed by atoms with Crippen LogP contribution in [0.15, 0.2) is 18.2 Å². The normalized spacial score (nSPS) is 19.3. The number of fused-ring (bicyclic) bond motifs is 1. The van der Waals surface area contributed by atoms with Gasteiger partial charge in [0.2, 0.25) is 5.91 Å². The Bertz CT molecular complexity index is 640. The van der Waals surface area contributed by atoms with Crippen molar-refractivity contribution >= 4 is 11.7 Å². The number of likely N-dealkylation sites (tertiary alicyclic amines) is 1. The van der Waals surface area contributed by atoms with E-state index in [4.69, 9.17) is 4.74 Å². The van der Waals surface area contributed by atoms with Gasteiger partial charge in [-0.05, 0) is 31.9 Å². The van der Waals surface area contributed by atoms with Gasteiger partial charge in [-0.1, -0.05) is 25.5 Å². The Hall–Kier alpha value is -1.84. The molecule has 1 amide bonds. The smallest absolute Gasteiger partial charge is 0.225 e. The van der Waals surface area contributed by atoms with Crippen LogP contribution in [0.2, 0.25) is 0 Å². The molecule has 0 N–H and O–H groups in total. The number of ether oxygens (including phenoxy) is 1. The van der Waals surface area contributed by atoms with Gasteiger partial charge in [0, 0.05) is 31.8 Å². The third-order valence-corrected chi connectivity index (χ3v) is 5.57. The lowest BCUT2D eigenvalue weighted by Gasteiger charge is -2.44. The van der Waals surface area contributed by atoms with Crippen LogP contribution in [0.4, 0.5) is 0 Å². The number of carbonyl (C=O) groups excluding carboxylic acids is 2. The number of ketones is 1. The average molecular weight is 329 g/mol. The Kier molecular flexibility index (Phi) is 4.66. The van der Waals surface area contributed by atoms with Crippen molar-refractivity contribution in [3.8, 4) is 5.75 Å². The summed E-state index contributed by atoms with van der Waals surface area (Å²) in [6.45, 7) is 7.49. The van der Waals surface area contributed by atoms with Crippen molar-refractivity contribution in [2.24, 2.45) is 5.92 Å². The van der Waals surface area contributed by atoms with E-state index in [-0.39, 0.29) is 17.6 Å². The number of aryl methyl sites for hydroxylation is 1. The molecule has 1 aromatic rings. The Morgan fingerprint density at radius 1 is 1.25 bits per heavy atom. The number of hydrogen-bond acceptors (Lipinski definition) is 3. The van der Waals surface area contributed by atoms with E-state index in [1.165, 1.54) is 0 Å². The lowest BCUT2D eigenvalue weighted by Crippen LogP contribution is -2.53. The number of Topliss-reactive ketones (excluding diaryl/α,β-unsaturated/α-hetero) is 1. The van der Waals surface area contributed by atoms with Crippen molar-refractivity contribution in [3.63, 3.8) is 0 Å². The number of carbonyl (C=O) groups is 2. The zero-order chi connectivity index (χ0) is 17.3. The average Bonchev–Trinajstić information content (AvgIpc) is 2.57. The predicted octanol–water partition coefficient (Wildman–Crippen LogP) is 3.76. The molecule has 0 bridgehead atoms. The fourth-order valence-electron chi connectivity index (χ4n) is 3.92. The molecule has 0 saturated carbocycles. The van der Waals surface area contributed by atoms with Gasteiger partial charge >= 0.3 is 0 Å². The summed E-state index contributed by atoms with van der Waals surface area (Å²) in [6, 6.07) is 5.80. The maximum absolute atomic E-state index is 12.6. The van der Waals surface area contributed by atoms with Crippen LogP contribution in [0, 0.1) is 12.8 Å². The van der Waals surface area contributed by atoms with Crippen molar-refractivity contribution < 1.29 is 14.3 Å². The maximum Gasteiger partial charge on any atom is 0.225 e. The van der Waals surface area contributed by atoms with E-state index in [0.717, 1.165) is 31.2 Å². The Labute approximate surface area is 144 Å². The molecule has 3 rings (SSSR count). The van der Waals surface area contributed by atoms with Gasteiger partial charge in [-0.15, -0.1) is 0 Å². The summed E-state index contributed by atoms with van der Waals surface area (Å²) in [6.07, 6.45) is 3.67. The topological polar surface area (TPSA) is 46.6 Å². The molecule has 1 spiro atoms. The molecule has 1 saturated heterocycles. The lowest BCUT2D eigenvalue weighted by molar-refractivity contribution is -0.139. The number of hydrogen-bond donors (Lipinski definition) is 0. The maximum atomic E-state index is 12.6. The minimum absolute atomic E-state index is 0.122. The Balaban J connectivity index is 1.71. The van der Waals surface area contributed by atoms with E-state index in [0.29, 0.717) is 30.8 Å². The van der Waals surface area contributed by atoms with Gasteiger partial charge in [0.25, 0.3) is 0 Å². The van der Waals surface area contributed by atoms with Crippen LogP contribution in [-0.2, 0) is 4.79 Å². The van der Waals surface area contributed by atoms with E-state index in [9.17, 15) is 9.59 Å². The molecule has 1 aromatic carbocycles. The molecule has 1 fully saturated rings. The van der Waals surface area contributed by atoms with Gasteiger partial charge in [0.05, 0.1) is 12.0 Å². The van der Waals surface area contributed by atoms with Crippen LogP contribution >= 0.6 is 0 Å². The van der Waals surface area contributed by atoms with Gasteiger partial charge < -0.3 is 9.64 Å². The molecule has 0 aliphatic carbocycles. The fraction of sp³-hybridized carbons (Fsp3) is 0.600. The van der Waals surface area contributed by atoms with Crippen molar-refractivity contribution in [2.75, 3.05) is 13.1 Å². The quantitative estimate of drug-likeness (QED) is 0.848. The number of piperidine rings is 1. The Morgan fingerprint density at radius 3 is 2.54 bits per heavy atom. The second kappa shape index (κ2) is 6.58. The molecule has 0 aromatic heterocycles. The second-order valence-corrected chi connectivity index (χ2v) is 7.22. The summed E-state index contributed by atoms with van der Waals surface area (Å²) < 4.78 is 6.27. The van der Waals surface area contributed by atoms with E-state index >= 15 is 0 Å². The van der Waals surface area contributed by atoms with Gasteiger partial charge in [-0.3, -0.25) is 9.59 Å². The van der Waals surface area contributed by atoms with Crippen LogP contribution in [0.1, 0.15) is 61.9 Å². The minimum atomic E-state index is -0.427. The SMILES string of the molecule is CCC(CC)C(=O)N1CCC2(CC1)CC(=O)c1cc(C)ccc1O2. The first-order chi connectivity index (χ1) is 11.5. The summed E-state index contributed by atoms with van der Waals surface area (Å²) in [5.74, 6) is 1.25. The van der Waals surface area contributed by atoms with Crippen molar-refractivity contribution in [2.45, 2.75) is 58.5 Å². The van der Waals surface area contributed by atoms with Crippen LogP contribution < -0.4 is 4.74 Å². The largest absolute Gasteiger partial charge is 0.486 e. The summed E-state index contributed by atoms with van der Waals surface area (Å²) in [5.41, 5.74) is 1.35. The van der Waals surface area contributed by atoms with Gasteiger partial charge in [0.15, 0.2) is 5.78 Å². The molecule has 2 aliphatic heterocycles. The number of rotatable bonds is 3. The molecule has 4 heteroatoms. The molecule has 2 aliphatic rings. The van der Waals surface area contributed by atoms with E-state index < -0.39 is 5.60 Å². The number of benzene rings is 1. The molecular formula is C20H27NO3. The third-order valence-electron chi connectivity index (χ3n) is 5.57. The number of amides is 1. The van der Waals surface area contributed by atoms with E-state index in [1.54, 1.807) is 0 Å². The minimum Gasteiger partial charge on any atom is -0.486 e. The summed E-state index contributed by atoms with van der Waals surface area (Å²) >= 11 is 0. The van der Waals surface area contributed by atoms with Crippen LogP contribution in [0.5, 0.6) is 5.75 Å². The van der Waals surface area contributed by atoms with Gasteiger partial charge in [0.1, 0.15) is 11.4 Å². The van der Waals surface area contributed by atoms with Crippen molar-refractivity contribution in [3.05, 3.63) is 29.3 Å². The molecule has 4 nitrogen and oxygen atoms in total. The summed E-state index contributed by atoms with van der Waals surface area (Å²) in [4.78, 5) is 27.1. The summed E-state index contributed by atoms with van der Waals surface area (Å²) in [5, 5.41) is 0. The zero-order valence-electron chi connectivity index (χ0n) is 14.9. The monoisotopic (exact) mass is 329 g/mol. The molecule has 130 valence electrons. The number of nitrogens with zero attached hydrogens (tertiary/aromatic N) is 1.